The smallest absolute Gasteiger partial charge is 0.0702 e. The molecule has 0 saturated carbocycles. The Hall–Kier alpha value is -2.41. The Balaban J connectivity index is 1.30. The molecule has 0 aliphatic heterocycles. The maximum Gasteiger partial charge on any atom is 0.0702 e. The third kappa shape index (κ3) is 6.67. The summed E-state index contributed by atoms with van der Waals surface area (Å²) in [6.45, 7) is 2.15. The molecule has 2 aromatic carbocycles. The summed E-state index contributed by atoms with van der Waals surface area (Å²) in [6.07, 6.45) is 12.2. The number of benzene rings is 2. The molecule has 0 unspecified atom stereocenters. The number of nitrogens with zero attached hydrogens (tertiary/aromatic N) is 1. The van der Waals surface area contributed by atoms with Gasteiger partial charge in [-0.25, -0.2) is 0 Å². The van der Waals surface area contributed by atoms with E-state index in [1.807, 2.05) is 18.3 Å². The van der Waals surface area contributed by atoms with Gasteiger partial charge in [0, 0.05) is 11.8 Å². The minimum absolute atomic E-state index is 1.06. The van der Waals surface area contributed by atoms with Gasteiger partial charge in [-0.3, -0.25) is 4.98 Å². The van der Waals surface area contributed by atoms with Crippen LogP contribution in [0.15, 0.2) is 72.9 Å². The summed E-state index contributed by atoms with van der Waals surface area (Å²) in [5, 5.41) is 0. The number of pyridine rings is 1. The van der Waals surface area contributed by atoms with Gasteiger partial charge < -0.3 is 0 Å². The zero-order valence-corrected chi connectivity index (χ0v) is 16.5. The second-order valence-electron chi connectivity index (χ2n) is 7.52. The minimum atomic E-state index is 1.06. The van der Waals surface area contributed by atoms with Gasteiger partial charge in [0.15, 0.2) is 0 Å². The van der Waals surface area contributed by atoms with Crippen LogP contribution in [-0.4, -0.2) is 4.98 Å². The zero-order chi connectivity index (χ0) is 18.7. The second kappa shape index (κ2) is 10.7. The first-order valence-electron chi connectivity index (χ1n) is 10.4. The van der Waals surface area contributed by atoms with Crippen LogP contribution in [0.3, 0.4) is 0 Å². The van der Waals surface area contributed by atoms with Crippen LogP contribution in [0.4, 0.5) is 0 Å². The Labute approximate surface area is 164 Å². The van der Waals surface area contributed by atoms with Crippen molar-refractivity contribution in [2.45, 2.75) is 58.3 Å². The topological polar surface area (TPSA) is 12.9 Å². The van der Waals surface area contributed by atoms with Crippen molar-refractivity contribution in [1.82, 2.24) is 4.98 Å². The van der Waals surface area contributed by atoms with Gasteiger partial charge in [-0.1, -0.05) is 79.8 Å². The van der Waals surface area contributed by atoms with E-state index in [0.29, 0.717) is 0 Å². The molecular formula is C26H31N. The molecule has 0 amide bonds. The van der Waals surface area contributed by atoms with E-state index < -0.39 is 0 Å². The monoisotopic (exact) mass is 357 g/mol. The highest BCUT2D eigenvalue weighted by atomic mass is 14.7. The number of rotatable bonds is 10. The Bertz CT molecular complexity index is 790. The van der Waals surface area contributed by atoms with Gasteiger partial charge in [-0.2, -0.15) is 0 Å². The highest BCUT2D eigenvalue weighted by Crippen LogP contribution is 2.19. The lowest BCUT2D eigenvalue weighted by atomic mass is 10.0. The van der Waals surface area contributed by atoms with E-state index in [4.69, 9.17) is 0 Å². The fourth-order valence-corrected chi connectivity index (χ4v) is 3.54. The summed E-state index contributed by atoms with van der Waals surface area (Å²) in [4.78, 5) is 4.45. The summed E-state index contributed by atoms with van der Waals surface area (Å²) in [5.41, 5.74) is 6.55. The van der Waals surface area contributed by atoms with E-state index in [9.17, 15) is 0 Å². The lowest BCUT2D eigenvalue weighted by molar-refractivity contribution is 0.594. The molecule has 0 aliphatic carbocycles. The van der Waals surface area contributed by atoms with Gasteiger partial charge in [0.1, 0.15) is 0 Å². The van der Waals surface area contributed by atoms with Crippen molar-refractivity contribution in [1.29, 1.82) is 0 Å². The molecule has 1 aromatic heterocycles. The van der Waals surface area contributed by atoms with E-state index >= 15 is 0 Å². The van der Waals surface area contributed by atoms with Gasteiger partial charge >= 0.3 is 0 Å². The van der Waals surface area contributed by atoms with Gasteiger partial charge in [-0.15, -0.1) is 0 Å². The normalized spacial score (nSPS) is 10.9. The molecule has 3 aromatic rings. The fraction of sp³-hybridized carbons (Fsp3) is 0.346. The molecule has 0 saturated heterocycles. The van der Waals surface area contributed by atoms with Gasteiger partial charge in [0.2, 0.25) is 0 Å². The molecule has 0 radical (unpaired) electrons. The quantitative estimate of drug-likeness (QED) is 0.350. The van der Waals surface area contributed by atoms with Crippen LogP contribution in [0, 0.1) is 6.92 Å². The van der Waals surface area contributed by atoms with Crippen LogP contribution < -0.4 is 0 Å². The van der Waals surface area contributed by atoms with E-state index in [1.165, 1.54) is 73.6 Å². The standard InChI is InChI=1S/C26H31N/c1-22-16-18-23(19-17-22)11-6-4-2-3-5-7-12-24-13-10-14-25(21-24)26-15-8-9-20-27-26/h8-10,13-21H,2-7,11-12H2,1H3. The summed E-state index contributed by atoms with van der Waals surface area (Å²) in [5.74, 6) is 0. The molecule has 1 heteroatoms. The van der Waals surface area contributed by atoms with Crippen molar-refractivity contribution >= 4 is 0 Å². The van der Waals surface area contributed by atoms with E-state index in [0.717, 1.165) is 5.69 Å². The van der Waals surface area contributed by atoms with Gasteiger partial charge in [0.25, 0.3) is 0 Å². The number of aromatic nitrogens is 1. The third-order valence-corrected chi connectivity index (χ3v) is 5.19. The number of unbranched alkanes of at least 4 members (excludes halogenated alkanes) is 5. The molecule has 0 N–H and O–H groups in total. The first-order valence-corrected chi connectivity index (χ1v) is 10.4. The molecule has 0 aliphatic rings. The van der Waals surface area contributed by atoms with Gasteiger partial charge in [0.05, 0.1) is 5.69 Å². The van der Waals surface area contributed by atoms with Crippen LogP contribution >= 0.6 is 0 Å². The van der Waals surface area contributed by atoms with E-state index in [-0.39, 0.29) is 0 Å². The molecule has 1 nitrogen and oxygen atoms in total. The Morgan fingerprint density at radius 3 is 2.04 bits per heavy atom. The van der Waals surface area contributed by atoms with Crippen molar-refractivity contribution in [3.05, 3.63) is 89.6 Å². The van der Waals surface area contributed by atoms with E-state index in [1.54, 1.807) is 0 Å². The average molecular weight is 358 g/mol. The van der Waals surface area contributed by atoms with Crippen LogP contribution in [0.25, 0.3) is 11.3 Å². The van der Waals surface area contributed by atoms with Crippen LogP contribution in [0.1, 0.15) is 55.2 Å². The molecule has 27 heavy (non-hydrogen) atoms. The molecule has 1 heterocycles. The van der Waals surface area contributed by atoms with Crippen molar-refractivity contribution in [2.75, 3.05) is 0 Å². The van der Waals surface area contributed by atoms with Crippen LogP contribution in [0.2, 0.25) is 0 Å². The van der Waals surface area contributed by atoms with Crippen molar-refractivity contribution in [3.8, 4) is 11.3 Å². The zero-order valence-electron chi connectivity index (χ0n) is 16.5. The van der Waals surface area contributed by atoms with Crippen molar-refractivity contribution < 1.29 is 0 Å². The molecule has 0 fully saturated rings. The summed E-state index contributed by atoms with van der Waals surface area (Å²) < 4.78 is 0. The average Bonchev–Trinajstić information content (AvgIpc) is 2.72. The molecule has 3 rings (SSSR count). The van der Waals surface area contributed by atoms with Crippen molar-refractivity contribution in [3.63, 3.8) is 0 Å². The summed E-state index contributed by atoms with van der Waals surface area (Å²) in [7, 11) is 0. The molecule has 0 spiro atoms. The lowest BCUT2D eigenvalue weighted by Gasteiger charge is -2.06. The maximum absolute atomic E-state index is 4.45. The van der Waals surface area contributed by atoms with Crippen molar-refractivity contribution in [2.24, 2.45) is 0 Å². The Morgan fingerprint density at radius 1 is 0.630 bits per heavy atom. The molecular weight excluding hydrogens is 326 g/mol. The number of aryl methyl sites for hydroxylation is 3. The first kappa shape index (κ1) is 19.4. The predicted octanol–water partition coefficient (Wildman–Crippen LogP) is 7.18. The number of hydrogen-bond acceptors (Lipinski definition) is 1. The first-order chi connectivity index (χ1) is 13.3. The highest BCUT2D eigenvalue weighted by molar-refractivity contribution is 5.59. The lowest BCUT2D eigenvalue weighted by Crippen LogP contribution is -1.89. The third-order valence-electron chi connectivity index (χ3n) is 5.19. The summed E-state index contributed by atoms with van der Waals surface area (Å²) >= 11 is 0. The van der Waals surface area contributed by atoms with Crippen LogP contribution in [-0.2, 0) is 12.8 Å². The highest BCUT2D eigenvalue weighted by Gasteiger charge is 2.00. The SMILES string of the molecule is Cc1ccc(CCCCCCCCc2cccc(-c3ccccn3)c2)cc1. The largest absolute Gasteiger partial charge is 0.256 e. The predicted molar refractivity (Wildman–Crippen MR) is 116 cm³/mol. The fourth-order valence-electron chi connectivity index (χ4n) is 3.54. The maximum atomic E-state index is 4.45. The number of hydrogen-bond donors (Lipinski definition) is 0. The van der Waals surface area contributed by atoms with Crippen LogP contribution in [0.5, 0.6) is 0 Å². The minimum Gasteiger partial charge on any atom is -0.256 e. The molecule has 140 valence electrons. The molecule has 0 bridgehead atoms. The van der Waals surface area contributed by atoms with Gasteiger partial charge in [-0.05, 0) is 61.9 Å². The Morgan fingerprint density at radius 2 is 1.33 bits per heavy atom. The second-order valence-corrected chi connectivity index (χ2v) is 7.52. The van der Waals surface area contributed by atoms with E-state index in [2.05, 4.69) is 66.5 Å². The summed E-state index contributed by atoms with van der Waals surface area (Å²) in [6, 6.07) is 23.9. The molecule has 0 atom stereocenters. The Kier molecular flexibility index (Phi) is 7.65.